The SMILES string of the molecule is CCCCCCCCCCCCCNC(=O)[C@H](NC(=O)c1cc2c(F)cccc2[nH]1)[C@H](C)O. The largest absolute Gasteiger partial charge is 0.391 e. The molecule has 0 radical (unpaired) electrons. The molecule has 2 aromatic rings. The Morgan fingerprint density at radius 1 is 1.00 bits per heavy atom. The number of aliphatic hydroxyl groups excluding tert-OH is 1. The Morgan fingerprint density at radius 3 is 2.18 bits per heavy atom. The summed E-state index contributed by atoms with van der Waals surface area (Å²) in [7, 11) is 0. The predicted molar refractivity (Wildman–Crippen MR) is 131 cm³/mol. The van der Waals surface area contributed by atoms with Crippen LogP contribution in [0, 0.1) is 5.82 Å². The minimum Gasteiger partial charge on any atom is -0.391 e. The van der Waals surface area contributed by atoms with Crippen molar-refractivity contribution in [1.29, 1.82) is 0 Å². The third-order valence-corrected chi connectivity index (χ3v) is 5.99. The van der Waals surface area contributed by atoms with Gasteiger partial charge in [0.25, 0.3) is 5.91 Å². The van der Waals surface area contributed by atoms with E-state index in [1.807, 2.05) is 0 Å². The van der Waals surface area contributed by atoms with Crippen molar-refractivity contribution in [1.82, 2.24) is 15.6 Å². The van der Waals surface area contributed by atoms with Crippen molar-refractivity contribution >= 4 is 22.7 Å². The molecule has 0 aliphatic heterocycles. The Morgan fingerprint density at radius 2 is 1.61 bits per heavy atom. The number of hydrogen-bond acceptors (Lipinski definition) is 3. The third-order valence-electron chi connectivity index (χ3n) is 5.99. The van der Waals surface area contributed by atoms with Crippen LogP contribution in [0.15, 0.2) is 24.3 Å². The zero-order chi connectivity index (χ0) is 24.1. The van der Waals surface area contributed by atoms with Crippen LogP contribution in [0.4, 0.5) is 4.39 Å². The minimum atomic E-state index is -1.08. The van der Waals surface area contributed by atoms with E-state index in [1.165, 1.54) is 70.4 Å². The van der Waals surface area contributed by atoms with E-state index in [1.54, 1.807) is 12.1 Å². The maximum absolute atomic E-state index is 13.9. The van der Waals surface area contributed by atoms with E-state index in [-0.39, 0.29) is 5.69 Å². The normalized spacial score (nSPS) is 13.1. The Balaban J connectivity index is 1.67. The van der Waals surface area contributed by atoms with Crippen molar-refractivity contribution in [2.24, 2.45) is 0 Å². The summed E-state index contributed by atoms with van der Waals surface area (Å²) in [6, 6.07) is 4.86. The second-order valence-electron chi connectivity index (χ2n) is 8.90. The van der Waals surface area contributed by atoms with E-state index < -0.39 is 29.8 Å². The summed E-state index contributed by atoms with van der Waals surface area (Å²) < 4.78 is 13.9. The monoisotopic (exact) mass is 461 g/mol. The highest BCUT2D eigenvalue weighted by molar-refractivity contribution is 6.00. The van der Waals surface area contributed by atoms with Crippen LogP contribution in [0.3, 0.4) is 0 Å². The number of benzene rings is 1. The standard InChI is InChI=1S/C26H40FN3O3/c1-3-4-5-6-7-8-9-10-11-12-13-17-28-26(33)24(19(2)31)30-25(32)23-18-20-21(27)15-14-16-22(20)29-23/h14-16,18-19,24,29,31H,3-13,17H2,1-2H3,(H,28,33)(H,30,32)/t19-,24+/m0/s1. The average molecular weight is 462 g/mol. The molecule has 1 heterocycles. The number of carbonyl (C=O) groups excluding carboxylic acids is 2. The highest BCUT2D eigenvalue weighted by Gasteiger charge is 2.26. The first-order chi connectivity index (χ1) is 15.9. The van der Waals surface area contributed by atoms with Crippen LogP contribution in [0.1, 0.15) is 95.0 Å². The molecule has 0 saturated heterocycles. The fraction of sp³-hybridized carbons (Fsp3) is 0.615. The van der Waals surface area contributed by atoms with Gasteiger partial charge in [-0.15, -0.1) is 0 Å². The molecule has 6 nitrogen and oxygen atoms in total. The van der Waals surface area contributed by atoms with Gasteiger partial charge in [-0.2, -0.15) is 0 Å². The molecule has 1 aromatic heterocycles. The molecular formula is C26H40FN3O3. The predicted octanol–water partition coefficient (Wildman–Crippen LogP) is 5.21. The zero-order valence-electron chi connectivity index (χ0n) is 20.1. The van der Waals surface area contributed by atoms with Crippen LogP contribution in [-0.2, 0) is 4.79 Å². The van der Waals surface area contributed by atoms with Crippen LogP contribution in [0.2, 0.25) is 0 Å². The summed E-state index contributed by atoms with van der Waals surface area (Å²) in [6.07, 6.45) is 12.4. The van der Waals surface area contributed by atoms with Gasteiger partial charge in [0.05, 0.1) is 6.10 Å². The number of aliphatic hydroxyl groups is 1. The number of aromatic nitrogens is 1. The zero-order valence-corrected chi connectivity index (χ0v) is 20.1. The molecule has 2 atom stereocenters. The van der Waals surface area contributed by atoms with E-state index >= 15 is 0 Å². The summed E-state index contributed by atoms with van der Waals surface area (Å²) in [5, 5.41) is 15.7. The number of fused-ring (bicyclic) bond motifs is 1. The van der Waals surface area contributed by atoms with Crippen molar-refractivity contribution in [3.05, 3.63) is 35.8 Å². The van der Waals surface area contributed by atoms with Gasteiger partial charge >= 0.3 is 0 Å². The molecule has 0 aliphatic rings. The molecule has 7 heteroatoms. The number of unbranched alkanes of at least 4 members (excludes halogenated alkanes) is 10. The highest BCUT2D eigenvalue weighted by Crippen LogP contribution is 2.18. The third kappa shape index (κ3) is 9.16. The van der Waals surface area contributed by atoms with E-state index in [0.29, 0.717) is 17.4 Å². The van der Waals surface area contributed by atoms with Gasteiger partial charge in [0.2, 0.25) is 5.91 Å². The topological polar surface area (TPSA) is 94.2 Å². The Hall–Kier alpha value is -2.41. The van der Waals surface area contributed by atoms with Crippen LogP contribution < -0.4 is 10.6 Å². The van der Waals surface area contributed by atoms with Crippen molar-refractivity contribution in [2.45, 2.75) is 96.6 Å². The molecule has 4 N–H and O–H groups in total. The number of H-pyrrole nitrogens is 1. The number of amides is 2. The van der Waals surface area contributed by atoms with E-state index in [9.17, 15) is 19.1 Å². The summed E-state index contributed by atoms with van der Waals surface area (Å²) >= 11 is 0. The lowest BCUT2D eigenvalue weighted by atomic mass is 10.1. The summed E-state index contributed by atoms with van der Waals surface area (Å²) in [5.74, 6) is -1.42. The molecule has 0 fully saturated rings. The number of aromatic amines is 1. The fourth-order valence-corrected chi connectivity index (χ4v) is 3.98. The first kappa shape index (κ1) is 26.8. The van der Waals surface area contributed by atoms with E-state index in [4.69, 9.17) is 0 Å². The average Bonchev–Trinajstić information content (AvgIpc) is 3.23. The maximum Gasteiger partial charge on any atom is 0.268 e. The van der Waals surface area contributed by atoms with Crippen molar-refractivity contribution in [3.8, 4) is 0 Å². The number of hydrogen-bond donors (Lipinski definition) is 4. The molecule has 1 aromatic carbocycles. The van der Waals surface area contributed by atoms with Gasteiger partial charge in [-0.25, -0.2) is 4.39 Å². The van der Waals surface area contributed by atoms with E-state index in [2.05, 4.69) is 22.5 Å². The van der Waals surface area contributed by atoms with Gasteiger partial charge in [-0.05, 0) is 31.5 Å². The smallest absolute Gasteiger partial charge is 0.268 e. The second kappa shape index (κ2) is 14.7. The molecule has 0 unspecified atom stereocenters. The summed E-state index contributed by atoms with van der Waals surface area (Å²) in [6.45, 7) is 4.20. The molecular weight excluding hydrogens is 421 g/mol. The molecule has 0 bridgehead atoms. The Kier molecular flexibility index (Phi) is 11.9. The lowest BCUT2D eigenvalue weighted by Gasteiger charge is -2.20. The number of halogens is 1. The van der Waals surface area contributed by atoms with Crippen LogP contribution in [0.5, 0.6) is 0 Å². The quantitative estimate of drug-likeness (QED) is 0.258. The molecule has 184 valence electrons. The number of nitrogens with one attached hydrogen (secondary N) is 3. The first-order valence-corrected chi connectivity index (χ1v) is 12.5. The van der Waals surface area contributed by atoms with Gasteiger partial charge in [0.15, 0.2) is 0 Å². The van der Waals surface area contributed by atoms with Gasteiger partial charge in [-0.1, -0.05) is 77.2 Å². The van der Waals surface area contributed by atoms with Crippen molar-refractivity contribution in [3.63, 3.8) is 0 Å². The van der Waals surface area contributed by atoms with Crippen LogP contribution in [0.25, 0.3) is 10.9 Å². The molecule has 2 amide bonds. The molecule has 2 rings (SSSR count). The lowest BCUT2D eigenvalue weighted by molar-refractivity contribution is -0.125. The summed E-state index contributed by atoms with van der Waals surface area (Å²) in [5.41, 5.74) is 0.633. The van der Waals surface area contributed by atoms with Crippen molar-refractivity contribution < 1.29 is 19.1 Å². The minimum absolute atomic E-state index is 0.138. The van der Waals surface area contributed by atoms with Crippen LogP contribution in [-0.4, -0.2) is 40.6 Å². The van der Waals surface area contributed by atoms with Gasteiger partial charge in [0.1, 0.15) is 17.6 Å². The van der Waals surface area contributed by atoms with Crippen LogP contribution >= 0.6 is 0 Å². The fourth-order valence-electron chi connectivity index (χ4n) is 3.98. The van der Waals surface area contributed by atoms with Crippen molar-refractivity contribution in [2.75, 3.05) is 6.54 Å². The summed E-state index contributed by atoms with van der Waals surface area (Å²) in [4.78, 5) is 27.9. The first-order valence-electron chi connectivity index (χ1n) is 12.5. The Labute approximate surface area is 196 Å². The molecule has 0 aliphatic carbocycles. The number of rotatable bonds is 16. The number of carbonyl (C=O) groups is 2. The maximum atomic E-state index is 13.9. The Bertz CT molecular complexity index is 866. The molecule has 0 spiro atoms. The van der Waals surface area contributed by atoms with E-state index in [0.717, 1.165) is 19.3 Å². The van der Waals surface area contributed by atoms with Gasteiger partial charge in [-0.3, -0.25) is 9.59 Å². The lowest BCUT2D eigenvalue weighted by Crippen LogP contribution is -2.52. The molecule has 0 saturated carbocycles. The molecule has 33 heavy (non-hydrogen) atoms. The van der Waals surface area contributed by atoms with Gasteiger partial charge < -0.3 is 20.7 Å². The highest BCUT2D eigenvalue weighted by atomic mass is 19.1. The van der Waals surface area contributed by atoms with Gasteiger partial charge in [0, 0.05) is 17.4 Å². The second-order valence-corrected chi connectivity index (χ2v) is 8.90.